The van der Waals surface area contributed by atoms with Crippen LogP contribution in [0.1, 0.15) is 19.8 Å². The summed E-state index contributed by atoms with van der Waals surface area (Å²) in [7, 11) is -2.75. The van der Waals surface area contributed by atoms with Gasteiger partial charge in [-0.3, -0.25) is 0 Å². The summed E-state index contributed by atoms with van der Waals surface area (Å²) in [4.78, 5) is 0. The summed E-state index contributed by atoms with van der Waals surface area (Å²) in [5.74, 6) is 0.536. The molecule has 1 heterocycles. The molecule has 0 bridgehead atoms. The third kappa shape index (κ3) is 2.79. The molecule has 3 nitrogen and oxygen atoms in total. The molecule has 0 aromatic carbocycles. The van der Waals surface area contributed by atoms with Crippen LogP contribution in [0, 0.1) is 0 Å². The smallest absolute Gasteiger partial charge is 0.152 e. The van der Waals surface area contributed by atoms with Gasteiger partial charge >= 0.3 is 0 Å². The van der Waals surface area contributed by atoms with E-state index >= 15 is 0 Å². The fourth-order valence-electron chi connectivity index (χ4n) is 1.18. The highest BCUT2D eigenvalue weighted by Gasteiger charge is 2.27. The summed E-state index contributed by atoms with van der Waals surface area (Å²) >= 11 is 0. The Kier molecular flexibility index (Phi) is 2.90. The zero-order valence-electron chi connectivity index (χ0n) is 6.75. The van der Waals surface area contributed by atoms with Crippen LogP contribution in [-0.2, 0) is 14.6 Å². The molecule has 0 radical (unpaired) electrons. The van der Waals surface area contributed by atoms with E-state index < -0.39 is 9.84 Å². The summed E-state index contributed by atoms with van der Waals surface area (Å²) < 4.78 is 27.2. The Morgan fingerprint density at radius 1 is 1.55 bits per heavy atom. The molecule has 66 valence electrons. The van der Waals surface area contributed by atoms with Gasteiger partial charge in [-0.05, 0) is 12.8 Å². The monoisotopic (exact) mass is 178 g/mol. The number of hydrogen-bond acceptors (Lipinski definition) is 3. The van der Waals surface area contributed by atoms with Crippen molar-refractivity contribution in [1.82, 2.24) is 0 Å². The summed E-state index contributed by atoms with van der Waals surface area (Å²) in [5, 5.41) is 0. The van der Waals surface area contributed by atoms with Gasteiger partial charge in [-0.1, -0.05) is 6.92 Å². The highest BCUT2D eigenvalue weighted by atomic mass is 32.2. The molecule has 0 aromatic rings. The third-order valence-electron chi connectivity index (χ3n) is 1.75. The Bertz CT molecular complexity index is 208. The predicted octanol–water partition coefficient (Wildman–Crippen LogP) is 0.600. The number of rotatable bonds is 3. The lowest BCUT2D eigenvalue weighted by molar-refractivity contribution is 0.0715. The first kappa shape index (κ1) is 9.00. The van der Waals surface area contributed by atoms with Crippen LogP contribution in [0.4, 0.5) is 0 Å². The van der Waals surface area contributed by atoms with Crippen molar-refractivity contribution < 1.29 is 13.2 Å². The van der Waals surface area contributed by atoms with Crippen LogP contribution in [-0.4, -0.2) is 32.6 Å². The van der Waals surface area contributed by atoms with E-state index in [-0.39, 0.29) is 11.9 Å². The van der Waals surface area contributed by atoms with Gasteiger partial charge in [-0.15, -0.1) is 0 Å². The van der Waals surface area contributed by atoms with Gasteiger partial charge in [-0.2, -0.15) is 0 Å². The molecular weight excluding hydrogens is 164 g/mol. The van der Waals surface area contributed by atoms with Crippen LogP contribution in [0.25, 0.3) is 0 Å². The molecule has 1 atom stereocenters. The van der Waals surface area contributed by atoms with Gasteiger partial charge in [0.15, 0.2) is 9.84 Å². The van der Waals surface area contributed by atoms with E-state index in [1.54, 1.807) is 0 Å². The lowest BCUT2D eigenvalue weighted by atomic mass is 10.3. The SMILES string of the molecule is CCCO[C@@H]1CCS(=O)(=O)C1. The van der Waals surface area contributed by atoms with Crippen LogP contribution in [0.2, 0.25) is 0 Å². The van der Waals surface area contributed by atoms with Gasteiger partial charge in [0, 0.05) is 6.61 Å². The third-order valence-corrected chi connectivity index (χ3v) is 3.49. The predicted molar refractivity (Wildman–Crippen MR) is 43.3 cm³/mol. The highest BCUT2D eigenvalue weighted by Crippen LogP contribution is 2.14. The molecule has 0 unspecified atom stereocenters. The number of ether oxygens (including phenoxy) is 1. The molecule has 0 aromatic heterocycles. The normalized spacial score (nSPS) is 29.0. The maximum Gasteiger partial charge on any atom is 0.152 e. The molecule has 0 aliphatic carbocycles. The van der Waals surface area contributed by atoms with E-state index in [0.29, 0.717) is 18.8 Å². The minimum absolute atomic E-state index is 0.0278. The topological polar surface area (TPSA) is 43.4 Å². The van der Waals surface area contributed by atoms with Crippen molar-refractivity contribution in [3.8, 4) is 0 Å². The average molecular weight is 178 g/mol. The molecular formula is C7H14O3S. The van der Waals surface area contributed by atoms with Crippen molar-refractivity contribution in [1.29, 1.82) is 0 Å². The van der Waals surface area contributed by atoms with Crippen LogP contribution in [0.5, 0.6) is 0 Å². The molecule has 1 fully saturated rings. The molecule has 1 saturated heterocycles. The molecule has 0 amide bonds. The van der Waals surface area contributed by atoms with Crippen LogP contribution < -0.4 is 0 Å². The molecule has 0 N–H and O–H groups in total. The Morgan fingerprint density at radius 3 is 2.73 bits per heavy atom. The van der Waals surface area contributed by atoms with Crippen molar-refractivity contribution >= 4 is 9.84 Å². The Hall–Kier alpha value is -0.0900. The van der Waals surface area contributed by atoms with E-state index in [4.69, 9.17) is 4.74 Å². The van der Waals surface area contributed by atoms with E-state index in [1.807, 2.05) is 6.92 Å². The second kappa shape index (κ2) is 3.54. The summed E-state index contributed by atoms with van der Waals surface area (Å²) in [5.41, 5.74) is 0. The first-order valence-corrected chi connectivity index (χ1v) is 5.78. The minimum Gasteiger partial charge on any atom is -0.377 e. The quantitative estimate of drug-likeness (QED) is 0.635. The number of hydrogen-bond donors (Lipinski definition) is 0. The maximum absolute atomic E-state index is 10.9. The summed E-state index contributed by atoms with van der Waals surface area (Å²) in [6.07, 6.45) is 1.61. The van der Waals surface area contributed by atoms with Gasteiger partial charge < -0.3 is 4.74 Å². The molecule has 1 rings (SSSR count). The second-order valence-electron chi connectivity index (χ2n) is 2.90. The fraction of sp³-hybridized carbons (Fsp3) is 1.00. The Labute approximate surface area is 67.7 Å². The Morgan fingerprint density at radius 2 is 2.27 bits per heavy atom. The maximum atomic E-state index is 10.9. The first-order chi connectivity index (χ1) is 5.14. The molecule has 4 heteroatoms. The zero-order chi connectivity index (χ0) is 8.32. The summed E-state index contributed by atoms with van der Waals surface area (Å²) in [6, 6.07) is 0. The zero-order valence-corrected chi connectivity index (χ0v) is 7.56. The molecule has 1 aliphatic rings. The molecule has 0 saturated carbocycles. The minimum atomic E-state index is -2.75. The largest absolute Gasteiger partial charge is 0.377 e. The molecule has 0 spiro atoms. The Balaban J connectivity index is 2.31. The van der Waals surface area contributed by atoms with E-state index in [1.165, 1.54) is 0 Å². The van der Waals surface area contributed by atoms with Crippen molar-refractivity contribution in [3.05, 3.63) is 0 Å². The lowest BCUT2D eigenvalue weighted by Crippen LogP contribution is -2.14. The number of sulfone groups is 1. The van der Waals surface area contributed by atoms with Crippen LogP contribution >= 0.6 is 0 Å². The second-order valence-corrected chi connectivity index (χ2v) is 5.12. The standard InChI is InChI=1S/C7H14O3S/c1-2-4-10-7-3-5-11(8,9)6-7/h7H,2-6H2,1H3/t7-/m1/s1. The highest BCUT2D eigenvalue weighted by molar-refractivity contribution is 7.91. The van der Waals surface area contributed by atoms with Crippen LogP contribution in [0.3, 0.4) is 0 Å². The first-order valence-electron chi connectivity index (χ1n) is 3.96. The van der Waals surface area contributed by atoms with Gasteiger partial charge in [0.05, 0.1) is 17.6 Å². The van der Waals surface area contributed by atoms with E-state index in [9.17, 15) is 8.42 Å². The van der Waals surface area contributed by atoms with Gasteiger partial charge in [-0.25, -0.2) is 8.42 Å². The van der Waals surface area contributed by atoms with E-state index in [0.717, 1.165) is 6.42 Å². The summed E-state index contributed by atoms with van der Waals surface area (Å²) in [6.45, 7) is 2.70. The molecule has 11 heavy (non-hydrogen) atoms. The van der Waals surface area contributed by atoms with Crippen molar-refractivity contribution in [2.75, 3.05) is 18.1 Å². The molecule has 1 aliphatic heterocycles. The van der Waals surface area contributed by atoms with Gasteiger partial charge in [0.1, 0.15) is 0 Å². The fourth-order valence-corrected chi connectivity index (χ4v) is 2.79. The van der Waals surface area contributed by atoms with Crippen molar-refractivity contribution in [2.24, 2.45) is 0 Å². The van der Waals surface area contributed by atoms with Gasteiger partial charge in [0.25, 0.3) is 0 Å². The van der Waals surface area contributed by atoms with Gasteiger partial charge in [0.2, 0.25) is 0 Å². The van der Waals surface area contributed by atoms with Crippen molar-refractivity contribution in [3.63, 3.8) is 0 Å². The van der Waals surface area contributed by atoms with Crippen LogP contribution in [0.15, 0.2) is 0 Å². The van der Waals surface area contributed by atoms with Crippen molar-refractivity contribution in [2.45, 2.75) is 25.9 Å². The van der Waals surface area contributed by atoms with E-state index in [2.05, 4.69) is 0 Å². The lowest BCUT2D eigenvalue weighted by Gasteiger charge is -2.07. The average Bonchev–Trinajstić information content (AvgIpc) is 2.26.